The predicted molar refractivity (Wildman–Crippen MR) is 108 cm³/mol. The van der Waals surface area contributed by atoms with Gasteiger partial charge in [-0.15, -0.1) is 11.3 Å². The van der Waals surface area contributed by atoms with E-state index in [1.54, 1.807) is 11.3 Å². The second kappa shape index (κ2) is 7.47. The SMILES string of the molecule is Cc1nc(C(=O)NC2CCOCC2)c2cc(C3CCC(C)(C)CC3)sc2n1. The number of aromatic nitrogens is 2. The molecule has 0 aromatic carbocycles. The van der Waals surface area contributed by atoms with Crippen molar-refractivity contribution in [1.82, 2.24) is 15.3 Å². The highest BCUT2D eigenvalue weighted by Crippen LogP contribution is 2.45. The third-order valence-electron chi connectivity index (χ3n) is 6.04. The van der Waals surface area contributed by atoms with Gasteiger partial charge in [-0.3, -0.25) is 4.79 Å². The van der Waals surface area contributed by atoms with E-state index in [1.165, 1.54) is 30.6 Å². The molecule has 1 aliphatic carbocycles. The number of ether oxygens (including phenoxy) is 1. The van der Waals surface area contributed by atoms with Crippen LogP contribution in [0.15, 0.2) is 6.07 Å². The molecule has 146 valence electrons. The van der Waals surface area contributed by atoms with Crippen LogP contribution in [0.1, 0.15) is 79.5 Å². The topological polar surface area (TPSA) is 64.1 Å². The third-order valence-corrected chi connectivity index (χ3v) is 7.23. The molecule has 0 atom stereocenters. The van der Waals surface area contributed by atoms with Crippen LogP contribution in [-0.4, -0.2) is 35.1 Å². The Morgan fingerprint density at radius 1 is 1.19 bits per heavy atom. The molecule has 2 aromatic rings. The number of aryl methyl sites for hydroxylation is 1. The van der Waals surface area contributed by atoms with Gasteiger partial charge in [-0.2, -0.15) is 0 Å². The summed E-state index contributed by atoms with van der Waals surface area (Å²) in [6, 6.07) is 2.36. The fraction of sp³-hybridized carbons (Fsp3) is 0.667. The maximum absolute atomic E-state index is 12.9. The van der Waals surface area contributed by atoms with Crippen molar-refractivity contribution in [2.24, 2.45) is 5.41 Å². The zero-order valence-electron chi connectivity index (χ0n) is 16.5. The number of hydrogen-bond acceptors (Lipinski definition) is 5. The molecule has 5 nitrogen and oxygen atoms in total. The molecule has 0 unspecified atom stereocenters. The van der Waals surface area contributed by atoms with E-state index in [0.717, 1.165) is 23.1 Å². The Morgan fingerprint density at radius 2 is 1.89 bits per heavy atom. The van der Waals surface area contributed by atoms with Crippen molar-refractivity contribution in [3.63, 3.8) is 0 Å². The lowest BCUT2D eigenvalue weighted by molar-refractivity contribution is 0.0695. The van der Waals surface area contributed by atoms with Crippen molar-refractivity contribution in [2.45, 2.75) is 71.3 Å². The summed E-state index contributed by atoms with van der Waals surface area (Å²) >= 11 is 1.74. The van der Waals surface area contributed by atoms with Gasteiger partial charge in [0.15, 0.2) is 0 Å². The lowest BCUT2D eigenvalue weighted by atomic mass is 9.73. The molecular formula is C21H29N3O2S. The lowest BCUT2D eigenvalue weighted by Crippen LogP contribution is -2.39. The van der Waals surface area contributed by atoms with Crippen LogP contribution in [0.3, 0.4) is 0 Å². The van der Waals surface area contributed by atoms with E-state index in [9.17, 15) is 4.79 Å². The van der Waals surface area contributed by atoms with Crippen molar-refractivity contribution < 1.29 is 9.53 Å². The van der Waals surface area contributed by atoms with E-state index in [0.29, 0.717) is 36.1 Å². The molecular weight excluding hydrogens is 358 g/mol. The van der Waals surface area contributed by atoms with E-state index in [1.807, 2.05) is 6.92 Å². The Hall–Kier alpha value is -1.53. The third kappa shape index (κ3) is 4.16. The molecule has 1 aliphatic heterocycles. The predicted octanol–water partition coefficient (Wildman–Crippen LogP) is 4.59. The smallest absolute Gasteiger partial charge is 0.270 e. The molecule has 2 aromatic heterocycles. The summed E-state index contributed by atoms with van der Waals surface area (Å²) in [5.41, 5.74) is 0.987. The van der Waals surface area contributed by atoms with Gasteiger partial charge in [-0.1, -0.05) is 13.8 Å². The minimum atomic E-state index is -0.0773. The number of carbonyl (C=O) groups is 1. The molecule has 4 rings (SSSR count). The molecule has 1 amide bonds. The van der Waals surface area contributed by atoms with E-state index in [2.05, 4.69) is 35.2 Å². The molecule has 1 N–H and O–H groups in total. The first-order valence-electron chi connectivity index (χ1n) is 10.1. The molecule has 2 fully saturated rings. The Balaban J connectivity index is 1.59. The second-order valence-electron chi connectivity index (χ2n) is 8.79. The number of nitrogens with zero attached hydrogens (tertiary/aromatic N) is 2. The van der Waals surface area contributed by atoms with Crippen molar-refractivity contribution in [2.75, 3.05) is 13.2 Å². The van der Waals surface area contributed by atoms with Gasteiger partial charge >= 0.3 is 0 Å². The van der Waals surface area contributed by atoms with Crippen LogP contribution >= 0.6 is 11.3 Å². The van der Waals surface area contributed by atoms with E-state index < -0.39 is 0 Å². The van der Waals surface area contributed by atoms with Crippen LogP contribution in [0, 0.1) is 12.3 Å². The molecule has 0 bridgehead atoms. The summed E-state index contributed by atoms with van der Waals surface area (Å²) in [5.74, 6) is 1.17. The van der Waals surface area contributed by atoms with Crippen LogP contribution < -0.4 is 5.32 Å². The quantitative estimate of drug-likeness (QED) is 0.836. The van der Waals surface area contributed by atoms with Gasteiger partial charge in [-0.25, -0.2) is 9.97 Å². The zero-order valence-corrected chi connectivity index (χ0v) is 17.3. The van der Waals surface area contributed by atoms with Crippen LogP contribution in [0.4, 0.5) is 0 Å². The standard InChI is InChI=1S/C21H29N3O2S/c1-13-22-18(19(25)24-15-6-10-26-11-7-15)16-12-17(27-20(16)23-13)14-4-8-21(2,3)9-5-14/h12,14-15H,4-11H2,1-3H3,(H,24,25). The van der Waals surface area contributed by atoms with Crippen LogP contribution in [0.5, 0.6) is 0 Å². The number of amides is 1. The van der Waals surface area contributed by atoms with Crippen molar-refractivity contribution in [3.8, 4) is 0 Å². The minimum Gasteiger partial charge on any atom is -0.381 e. The Bertz CT molecular complexity index is 829. The van der Waals surface area contributed by atoms with Gasteiger partial charge in [0.2, 0.25) is 0 Å². The normalized spacial score (nSPS) is 21.4. The summed E-state index contributed by atoms with van der Waals surface area (Å²) in [4.78, 5) is 24.3. The van der Waals surface area contributed by atoms with Crippen LogP contribution in [-0.2, 0) is 4.74 Å². The molecule has 1 saturated carbocycles. The highest BCUT2D eigenvalue weighted by Gasteiger charge is 2.29. The molecule has 27 heavy (non-hydrogen) atoms. The van der Waals surface area contributed by atoms with Gasteiger partial charge < -0.3 is 10.1 Å². The first-order valence-corrected chi connectivity index (χ1v) is 10.9. The number of fused-ring (bicyclic) bond motifs is 1. The largest absolute Gasteiger partial charge is 0.381 e. The minimum absolute atomic E-state index is 0.0773. The Labute approximate surface area is 164 Å². The maximum atomic E-state index is 12.9. The molecule has 6 heteroatoms. The molecule has 1 saturated heterocycles. The van der Waals surface area contributed by atoms with Gasteiger partial charge in [-0.05, 0) is 62.8 Å². The molecule has 2 aliphatic rings. The Morgan fingerprint density at radius 3 is 2.59 bits per heavy atom. The van der Waals surface area contributed by atoms with Gasteiger partial charge in [0, 0.05) is 29.5 Å². The van der Waals surface area contributed by atoms with Crippen molar-refractivity contribution in [1.29, 1.82) is 0 Å². The van der Waals surface area contributed by atoms with Gasteiger partial charge in [0.25, 0.3) is 5.91 Å². The number of nitrogens with one attached hydrogen (secondary N) is 1. The monoisotopic (exact) mass is 387 g/mol. The first-order chi connectivity index (χ1) is 12.9. The fourth-order valence-corrected chi connectivity index (χ4v) is 5.45. The number of carbonyl (C=O) groups excluding carboxylic acids is 1. The molecule has 0 radical (unpaired) electrons. The summed E-state index contributed by atoms with van der Waals surface area (Å²) in [7, 11) is 0. The van der Waals surface area contributed by atoms with Gasteiger partial charge in [0.05, 0.1) is 0 Å². The highest BCUT2D eigenvalue weighted by atomic mass is 32.1. The van der Waals surface area contributed by atoms with Crippen LogP contribution in [0.2, 0.25) is 0 Å². The fourth-order valence-electron chi connectivity index (χ4n) is 4.20. The number of rotatable bonds is 3. The Kier molecular flexibility index (Phi) is 5.21. The van der Waals surface area contributed by atoms with E-state index in [-0.39, 0.29) is 11.9 Å². The highest BCUT2D eigenvalue weighted by molar-refractivity contribution is 7.18. The van der Waals surface area contributed by atoms with E-state index >= 15 is 0 Å². The summed E-state index contributed by atoms with van der Waals surface area (Å²) in [6.45, 7) is 8.02. The number of hydrogen-bond donors (Lipinski definition) is 1. The van der Waals surface area contributed by atoms with Gasteiger partial charge in [0.1, 0.15) is 16.3 Å². The average molecular weight is 388 g/mol. The molecule has 3 heterocycles. The summed E-state index contributed by atoms with van der Waals surface area (Å²) in [6.07, 6.45) is 6.69. The van der Waals surface area contributed by atoms with Crippen molar-refractivity contribution >= 4 is 27.5 Å². The van der Waals surface area contributed by atoms with Crippen molar-refractivity contribution in [3.05, 3.63) is 22.5 Å². The zero-order chi connectivity index (χ0) is 19.0. The maximum Gasteiger partial charge on any atom is 0.270 e. The first kappa shape index (κ1) is 18.8. The lowest BCUT2D eigenvalue weighted by Gasteiger charge is -2.33. The van der Waals surface area contributed by atoms with Crippen LogP contribution in [0.25, 0.3) is 10.2 Å². The summed E-state index contributed by atoms with van der Waals surface area (Å²) < 4.78 is 5.39. The average Bonchev–Trinajstić information content (AvgIpc) is 3.05. The second-order valence-corrected chi connectivity index (χ2v) is 9.85. The number of thiophene rings is 1. The van der Waals surface area contributed by atoms with E-state index in [4.69, 9.17) is 4.74 Å². The summed E-state index contributed by atoms with van der Waals surface area (Å²) in [5, 5.41) is 4.06. The molecule has 0 spiro atoms.